The van der Waals surface area contributed by atoms with E-state index in [9.17, 15) is 18.8 Å². The van der Waals surface area contributed by atoms with Crippen LogP contribution in [0.4, 0.5) is 15.2 Å². The van der Waals surface area contributed by atoms with Crippen molar-refractivity contribution in [3.05, 3.63) is 64.8 Å². The Hall–Kier alpha value is -3.53. The third kappa shape index (κ3) is 3.89. The number of halogens is 1. The zero-order valence-electron chi connectivity index (χ0n) is 16.9. The number of hydrogen-bond donors (Lipinski definition) is 1. The summed E-state index contributed by atoms with van der Waals surface area (Å²) in [6.07, 6.45) is 2.14. The lowest BCUT2D eigenvalue weighted by molar-refractivity contribution is -0.136. The number of aromatic nitrogens is 1. The molecule has 2 aromatic heterocycles. The van der Waals surface area contributed by atoms with Gasteiger partial charge >= 0.3 is 0 Å². The zero-order valence-corrected chi connectivity index (χ0v) is 17.7. The number of hydrogen-bond acceptors (Lipinski definition) is 6. The van der Waals surface area contributed by atoms with Gasteiger partial charge in [-0.15, -0.1) is 0 Å². The number of fused-ring (bicyclic) bond motifs is 1. The molecule has 1 saturated heterocycles. The highest BCUT2D eigenvalue weighted by Gasteiger charge is 2.38. The summed E-state index contributed by atoms with van der Waals surface area (Å²) in [6.45, 7) is 1.17. The second-order valence-electron chi connectivity index (χ2n) is 7.71. The minimum absolute atomic E-state index is 0.0804. The number of anilines is 2. The fourth-order valence-electron chi connectivity index (χ4n) is 4.01. The fraction of sp³-hybridized carbons (Fsp3) is 0.273. The van der Waals surface area contributed by atoms with Crippen LogP contribution < -0.4 is 10.2 Å². The first kappa shape index (κ1) is 20.4. The molecule has 1 N–H and O–H groups in total. The van der Waals surface area contributed by atoms with Crippen LogP contribution in [-0.4, -0.2) is 40.7 Å². The van der Waals surface area contributed by atoms with Gasteiger partial charge in [-0.05, 0) is 36.4 Å². The van der Waals surface area contributed by atoms with Crippen LogP contribution in [0, 0.1) is 11.7 Å². The van der Waals surface area contributed by atoms with Crippen LogP contribution in [0.25, 0.3) is 0 Å². The van der Waals surface area contributed by atoms with Gasteiger partial charge in [-0.2, -0.15) is 0 Å². The normalized spacial score (nSPS) is 18.0. The van der Waals surface area contributed by atoms with Crippen LogP contribution in [-0.2, 0) is 22.6 Å². The predicted octanol–water partition coefficient (Wildman–Crippen LogP) is 3.07. The third-order valence-electron chi connectivity index (χ3n) is 5.62. The van der Waals surface area contributed by atoms with Gasteiger partial charge in [-0.3, -0.25) is 19.7 Å². The van der Waals surface area contributed by atoms with Gasteiger partial charge in [0, 0.05) is 36.5 Å². The van der Waals surface area contributed by atoms with Crippen molar-refractivity contribution in [1.29, 1.82) is 0 Å². The Labute approximate surface area is 186 Å². The average Bonchev–Trinajstić information content (AvgIpc) is 3.53. The molecule has 0 bridgehead atoms. The number of rotatable bonds is 4. The minimum atomic E-state index is -0.444. The molecule has 2 aliphatic heterocycles. The maximum Gasteiger partial charge on any atom is 0.293 e. The number of amides is 3. The average molecular weight is 454 g/mol. The van der Waals surface area contributed by atoms with E-state index in [-0.39, 0.29) is 42.3 Å². The quantitative estimate of drug-likeness (QED) is 0.654. The first-order chi connectivity index (χ1) is 15.5. The van der Waals surface area contributed by atoms with Gasteiger partial charge in [0.25, 0.3) is 5.91 Å². The Morgan fingerprint density at radius 1 is 1.22 bits per heavy atom. The molecule has 4 heterocycles. The van der Waals surface area contributed by atoms with Crippen LogP contribution >= 0.6 is 11.3 Å². The molecule has 3 aromatic rings. The number of benzene rings is 1. The molecule has 5 rings (SSSR count). The lowest BCUT2D eigenvalue weighted by atomic mass is 10.1. The number of nitrogens with one attached hydrogen (secondary N) is 1. The van der Waals surface area contributed by atoms with Crippen molar-refractivity contribution in [2.24, 2.45) is 5.92 Å². The van der Waals surface area contributed by atoms with Crippen LogP contribution in [0.15, 0.2) is 47.1 Å². The van der Waals surface area contributed by atoms with Gasteiger partial charge in [0.2, 0.25) is 11.8 Å². The summed E-state index contributed by atoms with van der Waals surface area (Å²) in [7, 11) is 0. The molecule has 8 nitrogen and oxygen atoms in total. The highest BCUT2D eigenvalue weighted by Crippen LogP contribution is 2.31. The molecular weight excluding hydrogens is 435 g/mol. The predicted molar refractivity (Wildman–Crippen MR) is 115 cm³/mol. The van der Waals surface area contributed by atoms with Gasteiger partial charge < -0.3 is 14.2 Å². The first-order valence-corrected chi connectivity index (χ1v) is 11.0. The summed E-state index contributed by atoms with van der Waals surface area (Å²) in [5, 5.41) is 3.19. The molecule has 0 aliphatic carbocycles. The van der Waals surface area contributed by atoms with Crippen molar-refractivity contribution >= 4 is 39.9 Å². The summed E-state index contributed by atoms with van der Waals surface area (Å²) in [6, 6.07) is 8.90. The summed E-state index contributed by atoms with van der Waals surface area (Å²) in [5.74, 6) is -1.22. The molecule has 1 atom stereocenters. The molecule has 1 fully saturated rings. The van der Waals surface area contributed by atoms with Crippen molar-refractivity contribution in [1.82, 2.24) is 9.88 Å². The Morgan fingerprint density at radius 3 is 2.78 bits per heavy atom. The van der Waals surface area contributed by atoms with Crippen LogP contribution in [0.5, 0.6) is 0 Å². The lowest BCUT2D eigenvalue weighted by Crippen LogP contribution is -2.40. The molecule has 2 aliphatic rings. The molecule has 0 radical (unpaired) electrons. The van der Waals surface area contributed by atoms with E-state index in [0.717, 1.165) is 10.6 Å². The van der Waals surface area contributed by atoms with Crippen molar-refractivity contribution in [2.75, 3.05) is 23.3 Å². The van der Waals surface area contributed by atoms with E-state index in [1.165, 1.54) is 34.6 Å². The van der Waals surface area contributed by atoms with E-state index in [1.807, 2.05) is 0 Å². The summed E-state index contributed by atoms with van der Waals surface area (Å²) in [5.41, 5.74) is 1.45. The smallest absolute Gasteiger partial charge is 0.293 e. The third-order valence-corrected chi connectivity index (χ3v) is 6.62. The second kappa shape index (κ2) is 8.19. The largest absolute Gasteiger partial charge is 0.459 e. The molecule has 32 heavy (non-hydrogen) atoms. The fourth-order valence-corrected chi connectivity index (χ4v) is 5.02. The molecule has 10 heteroatoms. The number of carbonyl (C=O) groups is 3. The second-order valence-corrected chi connectivity index (χ2v) is 8.80. The van der Waals surface area contributed by atoms with Gasteiger partial charge in [0.15, 0.2) is 10.9 Å². The maximum absolute atomic E-state index is 13.2. The molecule has 1 unspecified atom stereocenters. The van der Waals surface area contributed by atoms with E-state index >= 15 is 0 Å². The molecule has 0 saturated carbocycles. The lowest BCUT2D eigenvalue weighted by Gasteiger charge is -2.28. The topological polar surface area (TPSA) is 95.8 Å². The van der Waals surface area contributed by atoms with E-state index < -0.39 is 5.92 Å². The maximum atomic E-state index is 13.2. The minimum Gasteiger partial charge on any atom is -0.459 e. The Morgan fingerprint density at radius 2 is 2.03 bits per heavy atom. The van der Waals surface area contributed by atoms with Crippen LogP contribution in [0.1, 0.15) is 27.5 Å². The van der Waals surface area contributed by atoms with E-state index in [2.05, 4.69) is 10.3 Å². The van der Waals surface area contributed by atoms with Crippen molar-refractivity contribution in [2.45, 2.75) is 19.4 Å². The first-order valence-electron chi connectivity index (χ1n) is 10.2. The van der Waals surface area contributed by atoms with Crippen molar-refractivity contribution < 1.29 is 23.2 Å². The number of carbonyl (C=O) groups excluding carboxylic acids is 3. The SMILES string of the molecule is O=C(Nc1nc2c(s1)CN(C(=O)C1CC(=O)N(c3ccc(F)cc3)C1)CC2)c1ccco1. The van der Waals surface area contributed by atoms with Gasteiger partial charge in [0.1, 0.15) is 5.82 Å². The summed E-state index contributed by atoms with van der Waals surface area (Å²) >= 11 is 1.33. The van der Waals surface area contributed by atoms with E-state index in [1.54, 1.807) is 29.2 Å². The van der Waals surface area contributed by atoms with Crippen molar-refractivity contribution in [3.63, 3.8) is 0 Å². The highest BCUT2D eigenvalue weighted by atomic mass is 32.1. The Kier molecular flexibility index (Phi) is 5.22. The van der Waals surface area contributed by atoms with Gasteiger partial charge in [-0.1, -0.05) is 11.3 Å². The monoisotopic (exact) mass is 454 g/mol. The molecule has 164 valence electrons. The molecule has 3 amide bonds. The van der Waals surface area contributed by atoms with Crippen LogP contribution in [0.3, 0.4) is 0 Å². The number of thiazole rings is 1. The zero-order chi connectivity index (χ0) is 22.2. The molecular formula is C22H19FN4O4S. The Bertz CT molecular complexity index is 1180. The number of nitrogens with zero attached hydrogens (tertiary/aromatic N) is 3. The van der Waals surface area contributed by atoms with E-state index in [0.29, 0.717) is 30.3 Å². The summed E-state index contributed by atoms with van der Waals surface area (Å²) in [4.78, 5) is 46.4. The number of furan rings is 1. The molecule has 1 aromatic carbocycles. The summed E-state index contributed by atoms with van der Waals surface area (Å²) < 4.78 is 18.3. The molecule has 0 spiro atoms. The van der Waals surface area contributed by atoms with E-state index in [4.69, 9.17) is 4.42 Å². The van der Waals surface area contributed by atoms with Gasteiger partial charge in [0.05, 0.1) is 24.4 Å². The van der Waals surface area contributed by atoms with Crippen LogP contribution in [0.2, 0.25) is 0 Å². The standard InChI is InChI=1S/C22H19FN4O4S/c23-14-3-5-15(6-4-14)27-11-13(10-19(27)28)21(30)26-8-7-16-18(12-26)32-22(24-16)25-20(29)17-2-1-9-31-17/h1-6,9,13H,7-8,10-12H2,(H,24,25,29). The highest BCUT2D eigenvalue weighted by molar-refractivity contribution is 7.15. The van der Waals surface area contributed by atoms with Crippen molar-refractivity contribution in [3.8, 4) is 0 Å². The Balaban J connectivity index is 1.24. The van der Waals surface area contributed by atoms with Gasteiger partial charge in [-0.25, -0.2) is 9.37 Å².